The monoisotopic (exact) mass is 237 g/mol. The van der Waals surface area contributed by atoms with Crippen LogP contribution in [0.15, 0.2) is 18.3 Å². The second-order valence-electron chi connectivity index (χ2n) is 4.03. The summed E-state index contributed by atoms with van der Waals surface area (Å²) in [5, 5.41) is 12.0. The lowest BCUT2D eigenvalue weighted by atomic mass is 10.2. The summed E-state index contributed by atoms with van der Waals surface area (Å²) in [4.78, 5) is 6.65. The zero-order chi connectivity index (χ0) is 12.5. The van der Waals surface area contributed by atoms with Gasteiger partial charge in [-0.25, -0.2) is 4.98 Å². The maximum Gasteiger partial charge on any atom is 0.125 e. The van der Waals surface area contributed by atoms with Crippen molar-refractivity contribution in [3.05, 3.63) is 23.9 Å². The summed E-state index contributed by atoms with van der Waals surface area (Å²) < 4.78 is 0. The lowest BCUT2D eigenvalue weighted by Crippen LogP contribution is -2.24. The van der Waals surface area contributed by atoms with E-state index in [2.05, 4.69) is 35.1 Å². The Hall–Kier alpha value is -1.13. The first kappa shape index (κ1) is 13.9. The number of aliphatic hydroxyl groups is 1. The van der Waals surface area contributed by atoms with Crippen LogP contribution in [-0.2, 0) is 6.54 Å². The Morgan fingerprint density at radius 2 is 2.18 bits per heavy atom. The van der Waals surface area contributed by atoms with Crippen LogP contribution in [0.3, 0.4) is 0 Å². The quantitative estimate of drug-likeness (QED) is 0.723. The Labute approximate surface area is 104 Å². The Balaban J connectivity index is 2.48. The van der Waals surface area contributed by atoms with Gasteiger partial charge in [0.2, 0.25) is 0 Å². The Bertz CT molecular complexity index is 300. The first-order chi connectivity index (χ1) is 8.30. The van der Waals surface area contributed by atoms with Crippen LogP contribution in [0.1, 0.15) is 25.8 Å². The van der Waals surface area contributed by atoms with Gasteiger partial charge in [-0.05, 0) is 31.5 Å². The Morgan fingerprint density at radius 1 is 1.35 bits per heavy atom. The van der Waals surface area contributed by atoms with E-state index in [-0.39, 0.29) is 6.61 Å². The molecule has 1 aromatic rings. The van der Waals surface area contributed by atoms with Gasteiger partial charge in [-0.1, -0.05) is 13.0 Å². The fourth-order valence-electron chi connectivity index (χ4n) is 1.71. The van der Waals surface area contributed by atoms with Gasteiger partial charge >= 0.3 is 0 Å². The third kappa shape index (κ3) is 5.15. The molecule has 0 atom stereocenters. The number of rotatable bonds is 8. The van der Waals surface area contributed by atoms with Crippen LogP contribution in [0, 0.1) is 0 Å². The number of nitrogens with zero attached hydrogens (tertiary/aromatic N) is 2. The molecule has 1 heterocycles. The number of hydrogen-bond donors (Lipinski definition) is 2. The summed E-state index contributed by atoms with van der Waals surface area (Å²) >= 11 is 0. The van der Waals surface area contributed by atoms with Crippen LogP contribution in [0.5, 0.6) is 0 Å². The second-order valence-corrected chi connectivity index (χ2v) is 4.03. The minimum Gasteiger partial charge on any atom is -0.396 e. The van der Waals surface area contributed by atoms with Crippen molar-refractivity contribution in [1.82, 2.24) is 9.88 Å². The van der Waals surface area contributed by atoms with Crippen molar-refractivity contribution >= 4 is 5.82 Å². The number of pyridine rings is 1. The molecule has 0 fully saturated rings. The molecule has 1 rings (SSSR count). The minimum atomic E-state index is 0.258. The van der Waals surface area contributed by atoms with E-state index in [9.17, 15) is 0 Å². The molecule has 4 heteroatoms. The lowest BCUT2D eigenvalue weighted by molar-refractivity contribution is 0.225. The number of hydrogen-bond acceptors (Lipinski definition) is 4. The molecule has 4 nitrogen and oxygen atoms in total. The normalized spacial score (nSPS) is 10.8. The number of aromatic nitrogens is 1. The second kappa shape index (κ2) is 8.03. The molecule has 96 valence electrons. The molecule has 0 unspecified atom stereocenters. The van der Waals surface area contributed by atoms with Gasteiger partial charge in [-0.15, -0.1) is 0 Å². The average molecular weight is 237 g/mol. The fraction of sp³-hybridized carbons (Fsp3) is 0.615. The predicted octanol–water partition coefficient (Wildman–Crippen LogP) is 1.72. The van der Waals surface area contributed by atoms with E-state index >= 15 is 0 Å². The molecule has 0 aliphatic rings. The standard InChI is InChI=1S/C13H23N3O/c1-3-14-13-7-6-12(10-15-13)11-16(4-2)8-5-9-17/h6-7,10,17H,3-5,8-9,11H2,1-2H3,(H,14,15). The van der Waals surface area contributed by atoms with Gasteiger partial charge in [0.05, 0.1) is 0 Å². The molecule has 0 aromatic carbocycles. The SMILES string of the molecule is CCNc1ccc(CN(CC)CCCO)cn1. The highest BCUT2D eigenvalue weighted by atomic mass is 16.3. The molecule has 0 bridgehead atoms. The van der Waals surface area contributed by atoms with Gasteiger partial charge in [0, 0.05) is 32.4 Å². The summed E-state index contributed by atoms with van der Waals surface area (Å²) in [6, 6.07) is 4.12. The largest absolute Gasteiger partial charge is 0.396 e. The van der Waals surface area contributed by atoms with E-state index < -0.39 is 0 Å². The van der Waals surface area contributed by atoms with Crippen molar-refractivity contribution < 1.29 is 5.11 Å². The van der Waals surface area contributed by atoms with Crippen LogP contribution < -0.4 is 5.32 Å². The van der Waals surface area contributed by atoms with Crippen molar-refractivity contribution in [2.75, 3.05) is 31.6 Å². The van der Waals surface area contributed by atoms with Crippen LogP contribution in [0.4, 0.5) is 5.82 Å². The molecule has 0 radical (unpaired) electrons. The average Bonchev–Trinajstić information content (AvgIpc) is 2.37. The molecule has 1 aromatic heterocycles. The van der Waals surface area contributed by atoms with Gasteiger partial charge in [-0.2, -0.15) is 0 Å². The third-order valence-corrected chi connectivity index (χ3v) is 2.67. The van der Waals surface area contributed by atoms with Gasteiger partial charge < -0.3 is 10.4 Å². The zero-order valence-electron chi connectivity index (χ0n) is 10.8. The third-order valence-electron chi connectivity index (χ3n) is 2.67. The Kier molecular flexibility index (Phi) is 6.58. The molecular weight excluding hydrogens is 214 g/mol. The molecule has 0 aliphatic carbocycles. The van der Waals surface area contributed by atoms with Crippen molar-refractivity contribution in [3.8, 4) is 0 Å². The number of anilines is 1. The van der Waals surface area contributed by atoms with E-state index in [0.717, 1.165) is 38.4 Å². The molecular formula is C13H23N3O. The summed E-state index contributed by atoms with van der Waals surface area (Å²) in [5.74, 6) is 0.926. The molecule has 0 aliphatic heterocycles. The maximum atomic E-state index is 8.82. The van der Waals surface area contributed by atoms with Crippen molar-refractivity contribution in [2.45, 2.75) is 26.8 Å². The summed E-state index contributed by atoms with van der Waals surface area (Å²) in [7, 11) is 0. The van der Waals surface area contributed by atoms with E-state index in [1.54, 1.807) is 0 Å². The van der Waals surface area contributed by atoms with Crippen LogP contribution in [0.25, 0.3) is 0 Å². The predicted molar refractivity (Wildman–Crippen MR) is 71.1 cm³/mol. The smallest absolute Gasteiger partial charge is 0.125 e. The fourth-order valence-corrected chi connectivity index (χ4v) is 1.71. The number of aliphatic hydroxyl groups excluding tert-OH is 1. The maximum absolute atomic E-state index is 8.82. The first-order valence-electron chi connectivity index (χ1n) is 6.32. The molecule has 17 heavy (non-hydrogen) atoms. The van der Waals surface area contributed by atoms with E-state index in [4.69, 9.17) is 5.11 Å². The van der Waals surface area contributed by atoms with E-state index in [1.807, 2.05) is 12.3 Å². The first-order valence-corrected chi connectivity index (χ1v) is 6.32. The van der Waals surface area contributed by atoms with Gasteiger partial charge in [0.15, 0.2) is 0 Å². The van der Waals surface area contributed by atoms with Crippen LogP contribution in [-0.4, -0.2) is 41.2 Å². The molecule has 2 N–H and O–H groups in total. The highest BCUT2D eigenvalue weighted by molar-refractivity contribution is 5.35. The summed E-state index contributed by atoms with van der Waals surface area (Å²) in [6.45, 7) is 8.17. The van der Waals surface area contributed by atoms with E-state index in [1.165, 1.54) is 5.56 Å². The highest BCUT2D eigenvalue weighted by Crippen LogP contribution is 2.08. The molecule has 0 spiro atoms. The molecule has 0 saturated carbocycles. The van der Waals surface area contributed by atoms with Crippen LogP contribution in [0.2, 0.25) is 0 Å². The number of nitrogens with one attached hydrogen (secondary N) is 1. The molecule has 0 amide bonds. The topological polar surface area (TPSA) is 48.4 Å². The van der Waals surface area contributed by atoms with E-state index in [0.29, 0.717) is 0 Å². The van der Waals surface area contributed by atoms with Gasteiger partial charge in [0.25, 0.3) is 0 Å². The van der Waals surface area contributed by atoms with Crippen LogP contribution >= 0.6 is 0 Å². The molecule has 0 saturated heterocycles. The van der Waals surface area contributed by atoms with Crippen molar-refractivity contribution in [3.63, 3.8) is 0 Å². The van der Waals surface area contributed by atoms with Gasteiger partial charge in [0.1, 0.15) is 5.82 Å². The minimum absolute atomic E-state index is 0.258. The van der Waals surface area contributed by atoms with Crippen molar-refractivity contribution in [1.29, 1.82) is 0 Å². The lowest BCUT2D eigenvalue weighted by Gasteiger charge is -2.19. The van der Waals surface area contributed by atoms with Crippen molar-refractivity contribution in [2.24, 2.45) is 0 Å². The summed E-state index contributed by atoms with van der Waals surface area (Å²) in [6.07, 6.45) is 2.75. The highest BCUT2D eigenvalue weighted by Gasteiger charge is 2.03. The Morgan fingerprint density at radius 3 is 2.71 bits per heavy atom. The summed E-state index contributed by atoms with van der Waals surface area (Å²) in [5.41, 5.74) is 1.21. The van der Waals surface area contributed by atoms with Gasteiger partial charge in [-0.3, -0.25) is 4.90 Å². The zero-order valence-corrected chi connectivity index (χ0v) is 10.8.